The van der Waals surface area contributed by atoms with Gasteiger partial charge in [0.25, 0.3) is 0 Å². The minimum Gasteiger partial charge on any atom is -0.464 e. The van der Waals surface area contributed by atoms with Crippen LogP contribution >= 0.6 is 0 Å². The lowest BCUT2D eigenvalue weighted by Gasteiger charge is -2.08. The molecule has 1 aromatic heterocycles. The summed E-state index contributed by atoms with van der Waals surface area (Å²) in [5.41, 5.74) is 3.84. The Kier molecular flexibility index (Phi) is 9.04. The summed E-state index contributed by atoms with van der Waals surface area (Å²) in [6.07, 6.45) is 9.12. The molecule has 0 aliphatic heterocycles. The number of aromatic nitrogens is 1. The molecule has 0 radical (unpaired) electrons. The first kappa shape index (κ1) is 24.5. The van der Waals surface area contributed by atoms with Crippen molar-refractivity contribution in [3.8, 4) is 11.1 Å². The molecule has 0 atom stereocenters. The van der Waals surface area contributed by atoms with Gasteiger partial charge in [-0.2, -0.15) is 0 Å². The number of methoxy groups -OCH3 is 1. The topological polar surface area (TPSA) is 43.3 Å². The summed E-state index contributed by atoms with van der Waals surface area (Å²) in [6.45, 7) is 3.30. The van der Waals surface area contributed by atoms with Crippen LogP contribution in [0.4, 0.5) is 14.5 Å². The Morgan fingerprint density at radius 1 is 0.909 bits per heavy atom. The molecule has 1 heterocycles. The van der Waals surface area contributed by atoms with Gasteiger partial charge in [-0.15, -0.1) is 0 Å². The Hall–Kier alpha value is -3.15. The zero-order valence-electron chi connectivity index (χ0n) is 19.4. The van der Waals surface area contributed by atoms with Crippen LogP contribution in [0, 0.1) is 11.6 Å². The zero-order valence-corrected chi connectivity index (χ0v) is 19.4. The van der Waals surface area contributed by atoms with Gasteiger partial charge in [-0.3, -0.25) is 0 Å². The van der Waals surface area contributed by atoms with Gasteiger partial charge in [0.2, 0.25) is 0 Å². The maximum Gasteiger partial charge on any atom is 0.354 e. The molecule has 6 heteroatoms. The summed E-state index contributed by atoms with van der Waals surface area (Å²) >= 11 is 0. The molecule has 3 rings (SSSR count). The number of halogens is 2. The summed E-state index contributed by atoms with van der Waals surface area (Å²) in [6, 6.07) is 13.1. The third-order valence-corrected chi connectivity index (χ3v) is 5.68. The van der Waals surface area contributed by atoms with Crippen LogP contribution in [0.2, 0.25) is 0 Å². The van der Waals surface area contributed by atoms with E-state index in [2.05, 4.69) is 12.2 Å². The molecule has 176 valence electrons. The van der Waals surface area contributed by atoms with E-state index in [-0.39, 0.29) is 5.97 Å². The molecule has 0 aliphatic carbocycles. The lowest BCUT2D eigenvalue weighted by Crippen LogP contribution is -2.10. The van der Waals surface area contributed by atoms with Crippen LogP contribution in [0.25, 0.3) is 11.1 Å². The van der Waals surface area contributed by atoms with Crippen LogP contribution in [-0.4, -0.2) is 17.6 Å². The van der Waals surface area contributed by atoms with E-state index >= 15 is 0 Å². The summed E-state index contributed by atoms with van der Waals surface area (Å²) in [7, 11) is 1.40. The molecule has 0 unspecified atom stereocenters. The number of nitrogens with zero attached hydrogens (tertiary/aromatic N) is 1. The van der Waals surface area contributed by atoms with Crippen molar-refractivity contribution >= 4 is 11.7 Å². The molecule has 0 saturated carbocycles. The quantitative estimate of drug-likeness (QED) is 0.233. The van der Waals surface area contributed by atoms with Crippen LogP contribution in [0.1, 0.15) is 61.5 Å². The van der Waals surface area contributed by atoms with E-state index in [9.17, 15) is 13.6 Å². The predicted octanol–water partition coefficient (Wildman–Crippen LogP) is 7.19. The molecule has 0 saturated heterocycles. The highest BCUT2D eigenvalue weighted by Crippen LogP contribution is 2.25. The van der Waals surface area contributed by atoms with Gasteiger partial charge in [-0.05, 0) is 47.9 Å². The van der Waals surface area contributed by atoms with Crippen molar-refractivity contribution in [2.24, 2.45) is 0 Å². The first-order valence-electron chi connectivity index (χ1n) is 11.6. The number of anilines is 1. The molecule has 33 heavy (non-hydrogen) atoms. The number of unbranched alkanes of at least 4 members (excludes halogenated alkanes) is 5. The number of hydrogen-bond donors (Lipinski definition) is 1. The average Bonchev–Trinajstić information content (AvgIpc) is 3.23. The third kappa shape index (κ3) is 7.17. The van der Waals surface area contributed by atoms with E-state index in [4.69, 9.17) is 4.74 Å². The first-order chi connectivity index (χ1) is 16.0. The second-order valence-electron chi connectivity index (χ2n) is 8.28. The van der Waals surface area contributed by atoms with Crippen molar-refractivity contribution < 1.29 is 18.3 Å². The maximum atomic E-state index is 13.4. The standard InChI is InChI=1S/C27H32F2N2O2/c1-3-4-5-6-7-8-13-31-19-22(16-26(31)27(32)33-2)21-9-11-25(12-10-21)30-18-20-14-23(28)17-24(29)15-20/h9-12,14-17,19,30H,3-8,13,18H2,1-2H3. The Morgan fingerprint density at radius 2 is 1.58 bits per heavy atom. The summed E-state index contributed by atoms with van der Waals surface area (Å²) in [5.74, 6) is -1.52. The lowest BCUT2D eigenvalue weighted by molar-refractivity contribution is 0.0588. The molecule has 0 bridgehead atoms. The van der Waals surface area contributed by atoms with Crippen LogP contribution in [0.15, 0.2) is 54.7 Å². The van der Waals surface area contributed by atoms with Gasteiger partial charge in [-0.1, -0.05) is 51.2 Å². The number of benzene rings is 2. The highest BCUT2D eigenvalue weighted by Gasteiger charge is 2.15. The maximum absolute atomic E-state index is 13.4. The Labute approximate surface area is 194 Å². The highest BCUT2D eigenvalue weighted by molar-refractivity contribution is 5.89. The van der Waals surface area contributed by atoms with Gasteiger partial charge in [0.05, 0.1) is 7.11 Å². The van der Waals surface area contributed by atoms with Gasteiger partial charge < -0.3 is 14.6 Å². The number of ether oxygens (including phenoxy) is 1. The Morgan fingerprint density at radius 3 is 2.24 bits per heavy atom. The zero-order chi connectivity index (χ0) is 23.6. The minimum absolute atomic E-state index is 0.315. The van der Waals surface area contributed by atoms with Crippen molar-refractivity contribution in [2.75, 3.05) is 12.4 Å². The van der Waals surface area contributed by atoms with Crippen LogP contribution in [-0.2, 0) is 17.8 Å². The smallest absolute Gasteiger partial charge is 0.354 e. The van der Waals surface area contributed by atoms with E-state index in [1.54, 1.807) is 0 Å². The normalized spacial score (nSPS) is 10.9. The molecule has 1 N–H and O–H groups in total. The van der Waals surface area contributed by atoms with Gasteiger partial charge in [-0.25, -0.2) is 13.6 Å². The first-order valence-corrected chi connectivity index (χ1v) is 11.6. The number of nitrogens with one attached hydrogen (secondary N) is 1. The third-order valence-electron chi connectivity index (χ3n) is 5.68. The SMILES string of the molecule is CCCCCCCCn1cc(-c2ccc(NCc3cc(F)cc(F)c3)cc2)cc1C(=O)OC. The van der Waals surface area contributed by atoms with Crippen LogP contribution in [0.5, 0.6) is 0 Å². The van der Waals surface area contributed by atoms with E-state index in [0.717, 1.165) is 42.3 Å². The van der Waals surface area contributed by atoms with Gasteiger partial charge in [0.15, 0.2) is 0 Å². The van der Waals surface area contributed by atoms with E-state index in [1.165, 1.54) is 44.9 Å². The number of hydrogen-bond acceptors (Lipinski definition) is 3. The summed E-state index contributed by atoms with van der Waals surface area (Å²) in [4.78, 5) is 12.3. The van der Waals surface area contributed by atoms with Crippen molar-refractivity contribution in [3.05, 3.63) is 77.6 Å². The van der Waals surface area contributed by atoms with Gasteiger partial charge in [0, 0.05) is 36.6 Å². The summed E-state index contributed by atoms with van der Waals surface area (Å²) < 4.78 is 33.7. The number of aryl methyl sites for hydroxylation is 1. The minimum atomic E-state index is -0.589. The predicted molar refractivity (Wildman–Crippen MR) is 128 cm³/mol. The fourth-order valence-electron chi connectivity index (χ4n) is 3.89. The molecule has 0 spiro atoms. The second kappa shape index (κ2) is 12.2. The molecule has 2 aromatic carbocycles. The molecule has 0 amide bonds. The largest absolute Gasteiger partial charge is 0.464 e. The Balaban J connectivity index is 1.65. The van der Waals surface area contributed by atoms with Gasteiger partial charge >= 0.3 is 5.97 Å². The fourth-order valence-corrected chi connectivity index (χ4v) is 3.89. The van der Waals surface area contributed by atoms with E-state index < -0.39 is 11.6 Å². The lowest BCUT2D eigenvalue weighted by atomic mass is 10.1. The van der Waals surface area contributed by atoms with Crippen LogP contribution < -0.4 is 5.32 Å². The van der Waals surface area contributed by atoms with E-state index in [0.29, 0.717) is 17.8 Å². The van der Waals surface area contributed by atoms with Crippen molar-refractivity contribution in [1.29, 1.82) is 0 Å². The number of carbonyl (C=O) groups excluding carboxylic acids is 1. The Bertz CT molecular complexity index is 1020. The molecule has 4 nitrogen and oxygen atoms in total. The highest BCUT2D eigenvalue weighted by atomic mass is 19.1. The van der Waals surface area contributed by atoms with Crippen molar-refractivity contribution in [3.63, 3.8) is 0 Å². The van der Waals surface area contributed by atoms with Gasteiger partial charge in [0.1, 0.15) is 17.3 Å². The van der Waals surface area contributed by atoms with Crippen molar-refractivity contribution in [1.82, 2.24) is 4.57 Å². The van der Waals surface area contributed by atoms with E-state index in [1.807, 2.05) is 41.1 Å². The van der Waals surface area contributed by atoms with Crippen molar-refractivity contribution in [2.45, 2.75) is 58.5 Å². The summed E-state index contributed by atoms with van der Waals surface area (Å²) in [5, 5.41) is 3.17. The van der Waals surface area contributed by atoms with Crippen LogP contribution in [0.3, 0.4) is 0 Å². The molecule has 3 aromatic rings. The molecular weight excluding hydrogens is 422 g/mol. The molecule has 0 fully saturated rings. The molecule has 0 aliphatic rings. The number of carbonyl (C=O) groups is 1. The monoisotopic (exact) mass is 454 g/mol. The average molecular weight is 455 g/mol. The fraction of sp³-hybridized carbons (Fsp3) is 0.370. The number of rotatable bonds is 12. The molecular formula is C27H32F2N2O2. The second-order valence-corrected chi connectivity index (χ2v) is 8.28. The number of esters is 1.